The first-order chi connectivity index (χ1) is 10.5. The molecule has 0 bridgehead atoms. The topological polar surface area (TPSA) is 35.5 Å². The highest BCUT2D eigenvalue weighted by Gasteiger charge is 2.25. The molecule has 1 aromatic carbocycles. The van der Waals surface area contributed by atoms with Gasteiger partial charge in [-0.05, 0) is 36.5 Å². The van der Waals surface area contributed by atoms with E-state index in [4.69, 9.17) is 9.05 Å². The van der Waals surface area contributed by atoms with Crippen molar-refractivity contribution in [3.8, 4) is 5.75 Å². The summed E-state index contributed by atoms with van der Waals surface area (Å²) in [6, 6.07) is 7.84. The quantitative estimate of drug-likeness (QED) is 0.349. The minimum Gasteiger partial charge on any atom is -0.424 e. The number of hydrogen-bond donors (Lipinski definition) is 0. The van der Waals surface area contributed by atoms with Crippen LogP contribution in [0, 0.1) is 0 Å². The molecule has 0 aliphatic rings. The summed E-state index contributed by atoms with van der Waals surface area (Å²) in [6.45, 7) is 9.04. The molecule has 0 radical (unpaired) electrons. The second kappa shape index (κ2) is 10.1. The maximum atomic E-state index is 12.9. The summed E-state index contributed by atoms with van der Waals surface area (Å²) in [5, 5.41) is 0. The third-order valence-electron chi connectivity index (χ3n) is 3.61. The van der Waals surface area contributed by atoms with Crippen molar-refractivity contribution in [3.05, 3.63) is 29.8 Å². The standard InChI is InChI=1S/C18H31O3P/c1-5-7-9-14-20-22(19,15-8-6-2)21-18-12-10-17(11-13-18)16(3)4/h10-13,16H,5-9,14-15H2,1-4H3. The Morgan fingerprint density at radius 3 is 2.18 bits per heavy atom. The van der Waals surface area contributed by atoms with Gasteiger partial charge in [-0.2, -0.15) is 0 Å². The van der Waals surface area contributed by atoms with Gasteiger partial charge in [0.2, 0.25) is 0 Å². The predicted octanol–water partition coefficient (Wildman–Crippen LogP) is 6.39. The van der Waals surface area contributed by atoms with Crippen molar-refractivity contribution >= 4 is 7.60 Å². The molecule has 0 fully saturated rings. The fourth-order valence-corrected chi connectivity index (χ4v) is 3.95. The average Bonchev–Trinajstić information content (AvgIpc) is 2.50. The van der Waals surface area contributed by atoms with E-state index in [-0.39, 0.29) is 0 Å². The molecule has 22 heavy (non-hydrogen) atoms. The minimum absolute atomic E-state index is 0.478. The van der Waals surface area contributed by atoms with Gasteiger partial charge in [0.1, 0.15) is 5.75 Å². The number of hydrogen-bond acceptors (Lipinski definition) is 3. The predicted molar refractivity (Wildman–Crippen MR) is 94.0 cm³/mol. The van der Waals surface area contributed by atoms with E-state index in [1.807, 2.05) is 24.3 Å². The van der Waals surface area contributed by atoms with Crippen LogP contribution in [0.2, 0.25) is 0 Å². The molecule has 0 saturated heterocycles. The molecule has 1 aromatic rings. The zero-order chi connectivity index (χ0) is 16.4. The van der Waals surface area contributed by atoms with Crippen molar-refractivity contribution in [2.75, 3.05) is 12.8 Å². The van der Waals surface area contributed by atoms with E-state index in [2.05, 4.69) is 27.7 Å². The molecule has 1 unspecified atom stereocenters. The van der Waals surface area contributed by atoms with Gasteiger partial charge >= 0.3 is 7.60 Å². The Bertz CT molecular complexity index is 454. The Morgan fingerprint density at radius 2 is 1.64 bits per heavy atom. The molecule has 3 nitrogen and oxygen atoms in total. The first-order valence-electron chi connectivity index (χ1n) is 8.54. The maximum Gasteiger partial charge on any atom is 0.379 e. The van der Waals surface area contributed by atoms with E-state index in [0.29, 0.717) is 24.4 Å². The van der Waals surface area contributed by atoms with Crippen molar-refractivity contribution in [1.29, 1.82) is 0 Å². The zero-order valence-corrected chi connectivity index (χ0v) is 15.4. The molecule has 1 rings (SSSR count). The lowest BCUT2D eigenvalue weighted by Crippen LogP contribution is -2.04. The average molecular weight is 326 g/mol. The van der Waals surface area contributed by atoms with Gasteiger partial charge in [-0.15, -0.1) is 0 Å². The number of benzene rings is 1. The monoisotopic (exact) mass is 326 g/mol. The summed E-state index contributed by atoms with van der Waals surface area (Å²) in [4.78, 5) is 0. The van der Waals surface area contributed by atoms with Crippen molar-refractivity contribution < 1.29 is 13.6 Å². The Balaban J connectivity index is 2.68. The van der Waals surface area contributed by atoms with Gasteiger partial charge < -0.3 is 4.52 Å². The maximum absolute atomic E-state index is 12.9. The van der Waals surface area contributed by atoms with Crippen LogP contribution in [0.3, 0.4) is 0 Å². The highest BCUT2D eigenvalue weighted by atomic mass is 31.2. The second-order valence-corrected chi connectivity index (χ2v) is 8.15. The second-order valence-electron chi connectivity index (χ2n) is 6.04. The first-order valence-corrected chi connectivity index (χ1v) is 10.3. The van der Waals surface area contributed by atoms with Gasteiger partial charge in [0.25, 0.3) is 0 Å². The molecular weight excluding hydrogens is 295 g/mol. The SMILES string of the molecule is CCCCCOP(=O)(CCCC)Oc1ccc(C(C)C)cc1. The molecule has 0 amide bonds. The van der Waals surface area contributed by atoms with Crippen molar-refractivity contribution in [2.45, 2.75) is 65.7 Å². The van der Waals surface area contributed by atoms with E-state index >= 15 is 0 Å². The summed E-state index contributed by atoms with van der Waals surface area (Å²) in [5.74, 6) is 1.12. The fourth-order valence-electron chi connectivity index (χ4n) is 2.12. The molecule has 0 aromatic heterocycles. The summed E-state index contributed by atoms with van der Waals surface area (Å²) in [6.07, 6.45) is 5.48. The largest absolute Gasteiger partial charge is 0.424 e. The molecular formula is C18H31O3P. The van der Waals surface area contributed by atoms with Crippen LogP contribution in [0.1, 0.15) is 71.3 Å². The van der Waals surface area contributed by atoms with E-state index < -0.39 is 7.60 Å². The summed E-state index contributed by atoms with van der Waals surface area (Å²) >= 11 is 0. The Hall–Kier alpha value is -0.790. The molecule has 126 valence electrons. The summed E-state index contributed by atoms with van der Waals surface area (Å²) in [7, 11) is -3.04. The molecule has 4 heteroatoms. The molecule has 0 heterocycles. The smallest absolute Gasteiger partial charge is 0.379 e. The minimum atomic E-state index is -3.04. The molecule has 0 spiro atoms. The lowest BCUT2D eigenvalue weighted by molar-refractivity contribution is 0.258. The van der Waals surface area contributed by atoms with E-state index in [9.17, 15) is 4.57 Å². The number of unbranched alkanes of at least 4 members (excludes halogenated alkanes) is 3. The van der Waals surface area contributed by atoms with Crippen LogP contribution in [0.5, 0.6) is 5.75 Å². The van der Waals surface area contributed by atoms with Crippen LogP contribution in [-0.4, -0.2) is 12.8 Å². The van der Waals surface area contributed by atoms with Crippen molar-refractivity contribution in [3.63, 3.8) is 0 Å². The molecule has 0 N–H and O–H groups in total. The highest BCUT2D eigenvalue weighted by Crippen LogP contribution is 2.49. The fraction of sp³-hybridized carbons (Fsp3) is 0.667. The first kappa shape index (κ1) is 19.3. The van der Waals surface area contributed by atoms with Crippen LogP contribution in [0.4, 0.5) is 0 Å². The molecule has 0 aliphatic carbocycles. The van der Waals surface area contributed by atoms with Gasteiger partial charge in [0.15, 0.2) is 0 Å². The Morgan fingerprint density at radius 1 is 1.00 bits per heavy atom. The summed E-state index contributed by atoms with van der Waals surface area (Å²) in [5.41, 5.74) is 1.25. The van der Waals surface area contributed by atoms with Crippen LogP contribution >= 0.6 is 7.60 Å². The highest BCUT2D eigenvalue weighted by molar-refractivity contribution is 7.54. The summed E-state index contributed by atoms with van der Waals surface area (Å²) < 4.78 is 24.3. The Kier molecular flexibility index (Phi) is 8.82. The van der Waals surface area contributed by atoms with Crippen LogP contribution in [0.25, 0.3) is 0 Å². The van der Waals surface area contributed by atoms with E-state index in [0.717, 1.165) is 32.1 Å². The lowest BCUT2D eigenvalue weighted by atomic mass is 10.0. The molecule has 0 aliphatic heterocycles. The third-order valence-corrected chi connectivity index (χ3v) is 5.54. The van der Waals surface area contributed by atoms with E-state index in [1.54, 1.807) is 0 Å². The van der Waals surface area contributed by atoms with Gasteiger partial charge in [0, 0.05) is 0 Å². The van der Waals surface area contributed by atoms with Gasteiger partial charge in [-0.25, -0.2) is 4.57 Å². The van der Waals surface area contributed by atoms with Gasteiger partial charge in [-0.1, -0.05) is 59.1 Å². The third kappa shape index (κ3) is 6.98. The number of rotatable bonds is 11. The van der Waals surface area contributed by atoms with Gasteiger partial charge in [0.05, 0.1) is 12.8 Å². The van der Waals surface area contributed by atoms with Crippen molar-refractivity contribution in [1.82, 2.24) is 0 Å². The normalized spacial score (nSPS) is 14.0. The van der Waals surface area contributed by atoms with E-state index in [1.165, 1.54) is 5.56 Å². The zero-order valence-electron chi connectivity index (χ0n) is 14.5. The van der Waals surface area contributed by atoms with Crippen LogP contribution in [0.15, 0.2) is 24.3 Å². The van der Waals surface area contributed by atoms with Crippen LogP contribution in [-0.2, 0) is 9.09 Å². The Labute approximate surface area is 136 Å². The van der Waals surface area contributed by atoms with Crippen molar-refractivity contribution in [2.24, 2.45) is 0 Å². The molecule has 0 saturated carbocycles. The van der Waals surface area contributed by atoms with Crippen LogP contribution < -0.4 is 4.52 Å². The molecule has 1 atom stereocenters. The van der Waals surface area contributed by atoms with Gasteiger partial charge in [-0.3, -0.25) is 4.52 Å². The lowest BCUT2D eigenvalue weighted by Gasteiger charge is -2.19.